The first-order chi connectivity index (χ1) is 9.40. The molecular formula is C14H10ClF2NO2. The third-order valence-electron chi connectivity index (χ3n) is 2.73. The zero-order valence-electron chi connectivity index (χ0n) is 10.4. The molecule has 0 saturated carbocycles. The van der Waals surface area contributed by atoms with Crippen LogP contribution in [0, 0.1) is 18.6 Å². The van der Waals surface area contributed by atoms with Crippen molar-refractivity contribution in [3.8, 4) is 5.75 Å². The fraction of sp³-hybridized carbons (Fsp3) is 0.0714. The molecule has 0 aliphatic heterocycles. The van der Waals surface area contributed by atoms with Crippen LogP contribution in [-0.2, 0) is 0 Å². The summed E-state index contributed by atoms with van der Waals surface area (Å²) in [6.07, 6.45) is 0. The van der Waals surface area contributed by atoms with E-state index in [1.165, 1.54) is 31.2 Å². The van der Waals surface area contributed by atoms with Gasteiger partial charge in [0.05, 0.1) is 5.02 Å². The molecule has 104 valence electrons. The van der Waals surface area contributed by atoms with Gasteiger partial charge in [0.25, 0.3) is 5.91 Å². The molecule has 6 heteroatoms. The lowest BCUT2D eigenvalue weighted by Gasteiger charge is -2.09. The van der Waals surface area contributed by atoms with E-state index in [-0.39, 0.29) is 21.9 Å². The molecule has 0 saturated heterocycles. The number of carbonyl (C=O) groups excluding carboxylic acids is 1. The third kappa shape index (κ3) is 2.72. The molecule has 0 fully saturated rings. The number of phenolic OH excluding ortho intramolecular Hbond substituents is 1. The smallest absolute Gasteiger partial charge is 0.255 e. The van der Waals surface area contributed by atoms with Crippen molar-refractivity contribution in [3.05, 3.63) is 58.1 Å². The van der Waals surface area contributed by atoms with E-state index in [4.69, 9.17) is 11.6 Å². The Labute approximate surface area is 118 Å². The molecule has 20 heavy (non-hydrogen) atoms. The van der Waals surface area contributed by atoms with E-state index in [0.717, 1.165) is 6.07 Å². The van der Waals surface area contributed by atoms with E-state index >= 15 is 0 Å². The van der Waals surface area contributed by atoms with E-state index in [1.807, 2.05) is 0 Å². The number of nitrogens with one attached hydrogen (secondary N) is 1. The average molecular weight is 298 g/mol. The van der Waals surface area contributed by atoms with Gasteiger partial charge in [0.1, 0.15) is 17.3 Å². The van der Waals surface area contributed by atoms with E-state index in [1.54, 1.807) is 0 Å². The molecule has 0 atom stereocenters. The van der Waals surface area contributed by atoms with Crippen LogP contribution in [-0.4, -0.2) is 11.0 Å². The molecule has 0 heterocycles. The van der Waals surface area contributed by atoms with Gasteiger partial charge in [0.15, 0.2) is 5.82 Å². The second-order valence-corrected chi connectivity index (χ2v) is 4.58. The number of anilines is 1. The SMILES string of the molecule is Cc1ccc(F)c(NC(=O)c2ccc(O)c(Cl)c2)c1F. The second kappa shape index (κ2) is 5.46. The summed E-state index contributed by atoms with van der Waals surface area (Å²) in [7, 11) is 0. The number of rotatable bonds is 2. The van der Waals surface area contributed by atoms with Crippen molar-refractivity contribution in [2.24, 2.45) is 0 Å². The van der Waals surface area contributed by atoms with E-state index in [9.17, 15) is 18.7 Å². The Morgan fingerprint density at radius 1 is 1.25 bits per heavy atom. The molecule has 0 aliphatic carbocycles. The molecule has 2 rings (SSSR count). The summed E-state index contributed by atoms with van der Waals surface area (Å²) in [6.45, 7) is 1.46. The predicted molar refractivity (Wildman–Crippen MR) is 72.2 cm³/mol. The molecule has 0 spiro atoms. The number of aromatic hydroxyl groups is 1. The molecule has 2 N–H and O–H groups in total. The van der Waals surface area contributed by atoms with Gasteiger partial charge >= 0.3 is 0 Å². The maximum Gasteiger partial charge on any atom is 0.255 e. The predicted octanol–water partition coefficient (Wildman–Crippen LogP) is 3.88. The van der Waals surface area contributed by atoms with Crippen molar-refractivity contribution >= 4 is 23.2 Å². The maximum atomic E-state index is 13.8. The van der Waals surface area contributed by atoms with E-state index in [0.29, 0.717) is 0 Å². The normalized spacial score (nSPS) is 10.4. The number of amides is 1. The topological polar surface area (TPSA) is 49.3 Å². The lowest BCUT2D eigenvalue weighted by atomic mass is 10.1. The highest BCUT2D eigenvalue weighted by atomic mass is 35.5. The first-order valence-corrected chi connectivity index (χ1v) is 6.02. The highest BCUT2D eigenvalue weighted by Gasteiger charge is 2.16. The number of hydrogen-bond donors (Lipinski definition) is 2. The van der Waals surface area contributed by atoms with Crippen LogP contribution >= 0.6 is 11.6 Å². The van der Waals surface area contributed by atoms with E-state index < -0.39 is 23.2 Å². The van der Waals surface area contributed by atoms with Gasteiger partial charge in [-0.25, -0.2) is 8.78 Å². The summed E-state index contributed by atoms with van der Waals surface area (Å²) in [5.41, 5.74) is -0.224. The number of carbonyl (C=O) groups is 1. The zero-order valence-corrected chi connectivity index (χ0v) is 11.1. The van der Waals surface area contributed by atoms with E-state index in [2.05, 4.69) is 5.32 Å². The van der Waals surface area contributed by atoms with Gasteiger partial charge in [-0.2, -0.15) is 0 Å². The molecule has 2 aromatic rings. The Morgan fingerprint density at radius 2 is 1.95 bits per heavy atom. The van der Waals surface area contributed by atoms with Crippen LogP contribution < -0.4 is 5.32 Å². The minimum Gasteiger partial charge on any atom is -0.506 e. The Hall–Kier alpha value is -2.14. The highest BCUT2D eigenvalue weighted by molar-refractivity contribution is 6.32. The lowest BCUT2D eigenvalue weighted by molar-refractivity contribution is 0.102. The van der Waals surface area contributed by atoms with Gasteiger partial charge in [-0.3, -0.25) is 4.79 Å². The molecule has 0 bridgehead atoms. The van der Waals surface area contributed by atoms with Crippen molar-refractivity contribution < 1.29 is 18.7 Å². The molecular weight excluding hydrogens is 288 g/mol. The van der Waals surface area contributed by atoms with Crippen LogP contribution in [0.5, 0.6) is 5.75 Å². The highest BCUT2D eigenvalue weighted by Crippen LogP contribution is 2.25. The molecule has 2 aromatic carbocycles. The summed E-state index contributed by atoms with van der Waals surface area (Å²) in [5, 5.41) is 11.4. The van der Waals surface area contributed by atoms with Crippen LogP contribution in [0.15, 0.2) is 30.3 Å². The van der Waals surface area contributed by atoms with Gasteiger partial charge in [0, 0.05) is 5.56 Å². The first kappa shape index (κ1) is 14.3. The van der Waals surface area contributed by atoms with Crippen molar-refractivity contribution in [2.45, 2.75) is 6.92 Å². The van der Waals surface area contributed by atoms with Gasteiger partial charge in [0.2, 0.25) is 0 Å². The average Bonchev–Trinajstić information content (AvgIpc) is 2.42. The van der Waals surface area contributed by atoms with Crippen molar-refractivity contribution in [3.63, 3.8) is 0 Å². The Morgan fingerprint density at radius 3 is 2.60 bits per heavy atom. The summed E-state index contributed by atoms with van der Waals surface area (Å²) in [5.74, 6) is -2.61. The second-order valence-electron chi connectivity index (χ2n) is 4.17. The number of benzene rings is 2. The molecule has 3 nitrogen and oxygen atoms in total. The van der Waals surface area contributed by atoms with Crippen molar-refractivity contribution in [1.82, 2.24) is 0 Å². The van der Waals surface area contributed by atoms with Crippen LogP contribution in [0.2, 0.25) is 5.02 Å². The number of aryl methyl sites for hydroxylation is 1. The fourth-order valence-electron chi connectivity index (χ4n) is 1.61. The fourth-order valence-corrected chi connectivity index (χ4v) is 1.79. The van der Waals surface area contributed by atoms with Gasteiger partial charge in [-0.15, -0.1) is 0 Å². The Balaban J connectivity index is 2.32. The van der Waals surface area contributed by atoms with Crippen LogP contribution in [0.4, 0.5) is 14.5 Å². The number of hydrogen-bond acceptors (Lipinski definition) is 2. The molecule has 0 radical (unpaired) electrons. The Bertz CT molecular complexity index is 689. The van der Waals surface area contributed by atoms with Crippen LogP contribution in [0.1, 0.15) is 15.9 Å². The number of halogens is 3. The van der Waals surface area contributed by atoms with Crippen LogP contribution in [0.25, 0.3) is 0 Å². The summed E-state index contributed by atoms with van der Waals surface area (Å²) in [4.78, 5) is 11.9. The van der Waals surface area contributed by atoms with Gasteiger partial charge in [-0.05, 0) is 36.8 Å². The molecule has 0 aliphatic rings. The minimum absolute atomic E-state index is 0.0252. The molecule has 0 aromatic heterocycles. The monoisotopic (exact) mass is 297 g/mol. The summed E-state index contributed by atoms with van der Waals surface area (Å²) in [6, 6.07) is 6.07. The zero-order chi connectivity index (χ0) is 14.9. The largest absolute Gasteiger partial charge is 0.506 e. The summed E-state index contributed by atoms with van der Waals surface area (Å²) < 4.78 is 27.3. The first-order valence-electron chi connectivity index (χ1n) is 5.64. The molecule has 1 amide bonds. The van der Waals surface area contributed by atoms with Crippen LogP contribution in [0.3, 0.4) is 0 Å². The minimum atomic E-state index is -0.869. The summed E-state index contributed by atoms with van der Waals surface area (Å²) >= 11 is 5.67. The maximum absolute atomic E-state index is 13.8. The quantitative estimate of drug-likeness (QED) is 0.883. The number of phenols is 1. The standard InChI is InChI=1S/C14H10ClF2NO2/c1-7-2-4-10(16)13(12(7)17)18-14(20)8-3-5-11(19)9(15)6-8/h2-6,19H,1H3,(H,18,20). The van der Waals surface area contributed by atoms with Gasteiger partial charge < -0.3 is 10.4 Å². The van der Waals surface area contributed by atoms with Crippen molar-refractivity contribution in [2.75, 3.05) is 5.32 Å². The third-order valence-corrected chi connectivity index (χ3v) is 3.04. The Kier molecular flexibility index (Phi) is 3.90. The van der Waals surface area contributed by atoms with Gasteiger partial charge in [-0.1, -0.05) is 17.7 Å². The lowest BCUT2D eigenvalue weighted by Crippen LogP contribution is -2.14. The van der Waals surface area contributed by atoms with Crippen molar-refractivity contribution in [1.29, 1.82) is 0 Å². The molecule has 0 unspecified atom stereocenters.